The molecule has 2 radical (unpaired) electrons. The molecule has 0 fully saturated rings. The summed E-state index contributed by atoms with van der Waals surface area (Å²) in [7, 11) is 0. The largest absolute Gasteiger partial charge is 0.223 e. The normalized spacial score (nSPS) is 18.0. The SMILES string of the molecule is CC1=[C][N]C(Cl)=N1. The molecule has 0 aromatic heterocycles. The molecule has 0 aromatic rings. The van der Waals surface area contributed by atoms with E-state index >= 15 is 0 Å². The van der Waals surface area contributed by atoms with Gasteiger partial charge in [0.15, 0.2) is 0 Å². The molecule has 0 bridgehead atoms. The Labute approximate surface area is 46.9 Å². The third-order valence-electron chi connectivity index (χ3n) is 0.570. The van der Waals surface area contributed by atoms with Crippen LogP contribution in [0.1, 0.15) is 6.92 Å². The first-order valence-corrected chi connectivity index (χ1v) is 2.21. The van der Waals surface area contributed by atoms with E-state index in [9.17, 15) is 0 Å². The van der Waals surface area contributed by atoms with E-state index in [2.05, 4.69) is 16.5 Å². The van der Waals surface area contributed by atoms with E-state index in [1.807, 2.05) is 0 Å². The number of halogens is 1. The first kappa shape index (κ1) is 4.65. The number of allylic oxidation sites excluding steroid dienone is 1. The van der Waals surface area contributed by atoms with Gasteiger partial charge in [0.05, 0.1) is 5.70 Å². The number of amidine groups is 1. The van der Waals surface area contributed by atoms with Gasteiger partial charge in [-0.05, 0) is 18.5 Å². The Bertz CT molecular complexity index is 137. The Kier molecular flexibility index (Phi) is 1.02. The third kappa shape index (κ3) is 0.933. The summed E-state index contributed by atoms with van der Waals surface area (Å²) >= 11 is 5.31. The molecule has 0 saturated heterocycles. The number of aliphatic imine (C=N–C) groups is 1. The number of rotatable bonds is 0. The second-order valence-electron chi connectivity index (χ2n) is 1.19. The maximum atomic E-state index is 5.31. The van der Waals surface area contributed by atoms with Crippen LogP contribution in [0.4, 0.5) is 0 Å². The van der Waals surface area contributed by atoms with Crippen LogP contribution in [0.25, 0.3) is 0 Å². The molecule has 0 spiro atoms. The first-order valence-electron chi connectivity index (χ1n) is 1.83. The summed E-state index contributed by atoms with van der Waals surface area (Å²) in [5.41, 5.74) is 0.741. The Morgan fingerprint density at radius 3 is 2.57 bits per heavy atom. The first-order chi connectivity index (χ1) is 3.29. The van der Waals surface area contributed by atoms with Crippen molar-refractivity contribution < 1.29 is 0 Å². The fourth-order valence-corrected chi connectivity index (χ4v) is 0.484. The molecule has 36 valence electrons. The molecule has 0 N–H and O–H groups in total. The van der Waals surface area contributed by atoms with Gasteiger partial charge in [-0.15, -0.1) is 0 Å². The number of hydrogen-bond acceptors (Lipinski definition) is 1. The Morgan fingerprint density at radius 1 is 1.71 bits per heavy atom. The Hall–Kier alpha value is -0.500. The van der Waals surface area contributed by atoms with Crippen LogP contribution in [-0.4, -0.2) is 5.29 Å². The lowest BCUT2D eigenvalue weighted by atomic mass is 10.6. The second-order valence-corrected chi connectivity index (χ2v) is 1.53. The highest BCUT2D eigenvalue weighted by Crippen LogP contribution is 2.01. The average Bonchev–Trinajstić information content (AvgIpc) is 1.87. The standard InChI is InChI=1S/C4H3ClN2/c1-3-2-6-4(5)7-3/h1H3. The predicted molar refractivity (Wildman–Crippen MR) is 27.9 cm³/mol. The molecule has 0 atom stereocenters. The van der Waals surface area contributed by atoms with Gasteiger partial charge in [0.1, 0.15) is 6.20 Å². The minimum Gasteiger partial charge on any atom is -0.221 e. The molecule has 0 saturated carbocycles. The van der Waals surface area contributed by atoms with Gasteiger partial charge in [0, 0.05) is 0 Å². The maximum Gasteiger partial charge on any atom is 0.223 e. The van der Waals surface area contributed by atoms with Gasteiger partial charge < -0.3 is 0 Å². The topological polar surface area (TPSA) is 26.5 Å². The summed E-state index contributed by atoms with van der Waals surface area (Å²) < 4.78 is 0. The minimum atomic E-state index is 0.275. The van der Waals surface area contributed by atoms with Gasteiger partial charge >= 0.3 is 0 Å². The van der Waals surface area contributed by atoms with E-state index in [4.69, 9.17) is 11.6 Å². The van der Waals surface area contributed by atoms with Gasteiger partial charge in [0.2, 0.25) is 5.29 Å². The van der Waals surface area contributed by atoms with Gasteiger partial charge in [-0.1, -0.05) is 0 Å². The molecule has 1 heterocycles. The molecule has 1 rings (SSSR count). The van der Waals surface area contributed by atoms with Crippen LogP contribution in [0.5, 0.6) is 0 Å². The molecule has 7 heavy (non-hydrogen) atoms. The van der Waals surface area contributed by atoms with Gasteiger partial charge in [-0.2, -0.15) is 0 Å². The quantitative estimate of drug-likeness (QED) is 0.418. The molecular weight excluding hydrogens is 112 g/mol. The third-order valence-corrected chi connectivity index (χ3v) is 0.739. The molecule has 0 aromatic carbocycles. The van der Waals surface area contributed by atoms with Crippen molar-refractivity contribution in [3.05, 3.63) is 11.9 Å². The van der Waals surface area contributed by atoms with Crippen LogP contribution in [0.3, 0.4) is 0 Å². The van der Waals surface area contributed by atoms with E-state index in [1.54, 1.807) is 6.92 Å². The van der Waals surface area contributed by atoms with Gasteiger partial charge in [-0.3, -0.25) is 0 Å². The van der Waals surface area contributed by atoms with Crippen molar-refractivity contribution in [2.75, 3.05) is 0 Å². The highest BCUT2D eigenvalue weighted by Gasteiger charge is 2.00. The molecule has 3 heteroatoms. The van der Waals surface area contributed by atoms with Crippen molar-refractivity contribution in [2.24, 2.45) is 4.99 Å². The lowest BCUT2D eigenvalue weighted by Gasteiger charge is -1.74. The van der Waals surface area contributed by atoms with Crippen LogP contribution in [0, 0.1) is 6.20 Å². The van der Waals surface area contributed by atoms with Crippen LogP contribution in [0.15, 0.2) is 10.7 Å². The van der Waals surface area contributed by atoms with E-state index in [-0.39, 0.29) is 5.29 Å². The van der Waals surface area contributed by atoms with E-state index in [0.717, 1.165) is 5.70 Å². The fraction of sp³-hybridized carbons (Fsp3) is 0.250. The molecule has 0 amide bonds. The summed E-state index contributed by atoms with van der Waals surface area (Å²) in [4.78, 5) is 3.71. The molecule has 2 nitrogen and oxygen atoms in total. The van der Waals surface area contributed by atoms with Crippen molar-refractivity contribution in [1.82, 2.24) is 5.32 Å². The van der Waals surface area contributed by atoms with Gasteiger partial charge in [0.25, 0.3) is 0 Å². The van der Waals surface area contributed by atoms with Crippen LogP contribution >= 0.6 is 11.6 Å². The van der Waals surface area contributed by atoms with Crippen LogP contribution in [0.2, 0.25) is 0 Å². The number of nitrogens with zero attached hydrogens (tertiary/aromatic N) is 2. The smallest absolute Gasteiger partial charge is 0.221 e. The monoisotopic (exact) mass is 114 g/mol. The molecule has 0 aliphatic carbocycles. The summed E-state index contributed by atoms with van der Waals surface area (Å²) in [6.45, 7) is 1.79. The zero-order chi connectivity index (χ0) is 5.28. The lowest BCUT2D eigenvalue weighted by Crippen LogP contribution is -1.94. The summed E-state index contributed by atoms with van der Waals surface area (Å²) in [5, 5.41) is 3.82. The van der Waals surface area contributed by atoms with E-state index < -0.39 is 0 Å². The van der Waals surface area contributed by atoms with Gasteiger partial charge in [-0.25, -0.2) is 10.3 Å². The van der Waals surface area contributed by atoms with Crippen molar-refractivity contribution in [1.29, 1.82) is 0 Å². The molecule has 1 aliphatic rings. The van der Waals surface area contributed by atoms with Crippen molar-refractivity contribution in [3.63, 3.8) is 0 Å². The van der Waals surface area contributed by atoms with Crippen LogP contribution in [-0.2, 0) is 0 Å². The van der Waals surface area contributed by atoms with Crippen LogP contribution < -0.4 is 5.32 Å². The van der Waals surface area contributed by atoms with Crippen molar-refractivity contribution in [2.45, 2.75) is 6.92 Å². The summed E-state index contributed by atoms with van der Waals surface area (Å²) in [6.07, 6.45) is 2.58. The highest BCUT2D eigenvalue weighted by molar-refractivity contribution is 6.65. The fourth-order valence-electron chi connectivity index (χ4n) is 0.315. The lowest BCUT2D eigenvalue weighted by molar-refractivity contribution is 1.23. The molecular formula is C4H3ClN2. The van der Waals surface area contributed by atoms with Crippen molar-refractivity contribution in [3.8, 4) is 0 Å². The zero-order valence-electron chi connectivity index (χ0n) is 3.77. The summed E-state index contributed by atoms with van der Waals surface area (Å²) in [5.74, 6) is 0. The van der Waals surface area contributed by atoms with E-state index in [0.29, 0.717) is 0 Å². The predicted octanol–water partition coefficient (Wildman–Crippen LogP) is 0.864. The molecule has 1 aliphatic heterocycles. The second kappa shape index (κ2) is 1.54. The van der Waals surface area contributed by atoms with E-state index in [1.165, 1.54) is 0 Å². The number of hydrogen-bond donors (Lipinski definition) is 0. The zero-order valence-corrected chi connectivity index (χ0v) is 4.53. The average molecular weight is 115 g/mol. The Balaban J connectivity index is 2.69. The van der Waals surface area contributed by atoms with Crippen molar-refractivity contribution >= 4 is 16.9 Å². The highest BCUT2D eigenvalue weighted by atomic mass is 35.5. The maximum absolute atomic E-state index is 5.31. The Morgan fingerprint density at radius 2 is 2.43 bits per heavy atom. The summed E-state index contributed by atoms with van der Waals surface area (Å²) in [6, 6.07) is 0. The molecule has 0 unspecified atom stereocenters. The minimum absolute atomic E-state index is 0.275.